The number of amides is 1. The Hall–Kier alpha value is -3.06. The predicted molar refractivity (Wildman–Crippen MR) is 116 cm³/mol. The van der Waals surface area contributed by atoms with Crippen molar-refractivity contribution in [2.45, 2.75) is 45.3 Å². The summed E-state index contributed by atoms with van der Waals surface area (Å²) in [5, 5.41) is 6.41. The number of fused-ring (bicyclic) bond motifs is 1. The van der Waals surface area contributed by atoms with Crippen molar-refractivity contribution < 1.29 is 13.6 Å². The third-order valence-electron chi connectivity index (χ3n) is 6.00. The molecule has 0 aliphatic carbocycles. The maximum Gasteiger partial charge on any atom is 0.261 e. The molecule has 0 bridgehead atoms. The summed E-state index contributed by atoms with van der Waals surface area (Å²) in [7, 11) is 0. The fourth-order valence-electron chi connectivity index (χ4n) is 4.33. The molecule has 1 aliphatic rings. The van der Waals surface area contributed by atoms with Crippen LogP contribution in [-0.2, 0) is 6.54 Å². The smallest absolute Gasteiger partial charge is 0.261 e. The third kappa shape index (κ3) is 4.10. The van der Waals surface area contributed by atoms with Crippen LogP contribution in [0.4, 0.5) is 8.78 Å². The van der Waals surface area contributed by atoms with Crippen LogP contribution in [0.1, 0.15) is 47.4 Å². The Kier molecular flexibility index (Phi) is 5.87. The zero-order valence-electron chi connectivity index (χ0n) is 17.5. The van der Waals surface area contributed by atoms with Gasteiger partial charge in [0.1, 0.15) is 11.6 Å². The SMILES string of the molecule is Cc1c(C(=O)N[C@@H](C)c2cccc(F)c2)c2cccc(F)c2c(=O)n1C[C@H]1CCCN1. The number of nitrogens with one attached hydrogen (secondary N) is 2. The highest BCUT2D eigenvalue weighted by molar-refractivity contribution is 6.08. The lowest BCUT2D eigenvalue weighted by Gasteiger charge is -2.21. The highest BCUT2D eigenvalue weighted by atomic mass is 19.1. The number of benzene rings is 2. The quantitative estimate of drug-likeness (QED) is 0.653. The molecule has 5 nitrogen and oxygen atoms in total. The van der Waals surface area contributed by atoms with Crippen molar-refractivity contribution >= 4 is 16.7 Å². The number of aromatic nitrogens is 1. The van der Waals surface area contributed by atoms with Gasteiger partial charge in [0.05, 0.1) is 17.0 Å². The van der Waals surface area contributed by atoms with E-state index in [0.717, 1.165) is 19.4 Å². The Labute approximate surface area is 179 Å². The minimum Gasteiger partial charge on any atom is -0.345 e. The number of carbonyl (C=O) groups is 1. The van der Waals surface area contributed by atoms with Crippen LogP contribution >= 0.6 is 0 Å². The molecule has 4 rings (SSSR count). The second-order valence-electron chi connectivity index (χ2n) is 8.08. The van der Waals surface area contributed by atoms with Gasteiger partial charge >= 0.3 is 0 Å². The van der Waals surface area contributed by atoms with Crippen molar-refractivity contribution in [2.24, 2.45) is 0 Å². The van der Waals surface area contributed by atoms with Crippen LogP contribution in [-0.4, -0.2) is 23.1 Å². The van der Waals surface area contributed by atoms with Crippen molar-refractivity contribution in [3.05, 3.63) is 81.3 Å². The van der Waals surface area contributed by atoms with E-state index in [0.29, 0.717) is 17.8 Å². The van der Waals surface area contributed by atoms with Gasteiger partial charge in [0, 0.05) is 23.7 Å². The van der Waals surface area contributed by atoms with Gasteiger partial charge in [0.2, 0.25) is 0 Å². The standard InChI is InChI=1S/C24H25F2N3O2/c1-14(16-6-3-7-17(25)12-16)28-23(30)21-15(2)29(13-18-8-5-11-27-18)24(31)22-19(21)9-4-10-20(22)26/h3-4,6-7,9-10,12,14,18,27H,5,8,11,13H2,1-2H3,(H,28,30)/t14-,18+/m0/s1. The molecule has 162 valence electrons. The Morgan fingerprint density at radius 1 is 1.26 bits per heavy atom. The fraction of sp³-hybridized carbons (Fsp3) is 0.333. The summed E-state index contributed by atoms with van der Waals surface area (Å²) in [4.78, 5) is 26.4. The molecule has 2 aromatic carbocycles. The summed E-state index contributed by atoms with van der Waals surface area (Å²) in [5.41, 5.74) is 0.926. The number of pyridine rings is 1. The third-order valence-corrected chi connectivity index (χ3v) is 6.00. The van der Waals surface area contributed by atoms with Gasteiger partial charge in [0.15, 0.2) is 0 Å². The number of carbonyl (C=O) groups excluding carboxylic acids is 1. The minimum absolute atomic E-state index is 0.0883. The van der Waals surface area contributed by atoms with E-state index in [1.54, 1.807) is 32.0 Å². The highest BCUT2D eigenvalue weighted by Gasteiger charge is 2.24. The normalized spacial score (nSPS) is 17.1. The molecule has 31 heavy (non-hydrogen) atoms. The van der Waals surface area contributed by atoms with Gasteiger partial charge in [-0.05, 0) is 57.0 Å². The van der Waals surface area contributed by atoms with Crippen LogP contribution in [0.5, 0.6) is 0 Å². The maximum atomic E-state index is 14.7. The summed E-state index contributed by atoms with van der Waals surface area (Å²) in [5.74, 6) is -1.47. The monoisotopic (exact) mass is 425 g/mol. The molecule has 1 saturated heterocycles. The van der Waals surface area contributed by atoms with Crippen molar-refractivity contribution in [1.29, 1.82) is 0 Å². The lowest BCUT2D eigenvalue weighted by molar-refractivity contribution is 0.0940. The molecular formula is C24H25F2N3O2. The number of nitrogens with zero attached hydrogens (tertiary/aromatic N) is 1. The van der Waals surface area contributed by atoms with Gasteiger partial charge in [-0.2, -0.15) is 0 Å². The van der Waals surface area contributed by atoms with Gasteiger partial charge in [-0.3, -0.25) is 9.59 Å². The minimum atomic E-state index is -0.650. The molecule has 7 heteroatoms. The summed E-state index contributed by atoms with van der Waals surface area (Å²) in [6.45, 7) is 4.71. The van der Waals surface area contributed by atoms with Gasteiger partial charge in [-0.25, -0.2) is 8.78 Å². The second kappa shape index (κ2) is 8.59. The lowest BCUT2D eigenvalue weighted by atomic mass is 10.0. The Morgan fingerprint density at radius 2 is 2.03 bits per heavy atom. The van der Waals surface area contributed by atoms with Crippen LogP contribution in [0.15, 0.2) is 47.3 Å². The average Bonchev–Trinajstić information content (AvgIpc) is 3.24. The molecule has 1 amide bonds. The first kappa shape index (κ1) is 21.2. The van der Waals surface area contributed by atoms with Crippen LogP contribution in [0.25, 0.3) is 10.8 Å². The number of hydrogen-bond acceptors (Lipinski definition) is 3. The average molecular weight is 425 g/mol. The van der Waals surface area contributed by atoms with E-state index in [1.807, 2.05) is 0 Å². The first-order valence-corrected chi connectivity index (χ1v) is 10.5. The summed E-state index contributed by atoms with van der Waals surface area (Å²) in [6.07, 6.45) is 1.93. The van der Waals surface area contributed by atoms with E-state index < -0.39 is 23.3 Å². The Morgan fingerprint density at radius 3 is 2.74 bits per heavy atom. The molecule has 0 spiro atoms. The molecule has 3 aromatic rings. The molecule has 1 aromatic heterocycles. The van der Waals surface area contributed by atoms with Crippen LogP contribution < -0.4 is 16.2 Å². The first-order chi connectivity index (χ1) is 14.9. The van der Waals surface area contributed by atoms with E-state index in [-0.39, 0.29) is 28.2 Å². The predicted octanol–water partition coefficient (Wildman–Crippen LogP) is 3.83. The van der Waals surface area contributed by atoms with E-state index in [4.69, 9.17) is 0 Å². The van der Waals surface area contributed by atoms with Gasteiger partial charge < -0.3 is 15.2 Å². The van der Waals surface area contributed by atoms with E-state index in [9.17, 15) is 18.4 Å². The zero-order valence-corrected chi connectivity index (χ0v) is 17.5. The molecule has 0 radical (unpaired) electrons. The van der Waals surface area contributed by atoms with E-state index in [1.165, 1.54) is 28.8 Å². The van der Waals surface area contributed by atoms with Crippen LogP contribution in [0, 0.1) is 18.6 Å². The van der Waals surface area contributed by atoms with E-state index >= 15 is 0 Å². The van der Waals surface area contributed by atoms with E-state index in [2.05, 4.69) is 10.6 Å². The molecule has 1 fully saturated rings. The topological polar surface area (TPSA) is 63.1 Å². The first-order valence-electron chi connectivity index (χ1n) is 10.5. The molecule has 1 aliphatic heterocycles. The highest BCUT2D eigenvalue weighted by Crippen LogP contribution is 2.24. The number of halogens is 2. The zero-order chi connectivity index (χ0) is 22.1. The second-order valence-corrected chi connectivity index (χ2v) is 8.08. The van der Waals surface area contributed by atoms with Crippen LogP contribution in [0.3, 0.4) is 0 Å². The van der Waals surface area contributed by atoms with Gasteiger partial charge in [0.25, 0.3) is 11.5 Å². The molecule has 2 heterocycles. The van der Waals surface area contributed by atoms with Crippen LogP contribution in [0.2, 0.25) is 0 Å². The molecular weight excluding hydrogens is 400 g/mol. The number of hydrogen-bond donors (Lipinski definition) is 2. The van der Waals surface area contributed by atoms with Crippen molar-refractivity contribution in [1.82, 2.24) is 15.2 Å². The summed E-state index contributed by atoms with van der Waals surface area (Å²) in [6, 6.07) is 9.95. The van der Waals surface area contributed by atoms with Crippen molar-refractivity contribution in [3.8, 4) is 0 Å². The Bertz CT molecular complexity index is 1200. The summed E-state index contributed by atoms with van der Waals surface area (Å²) >= 11 is 0. The van der Waals surface area contributed by atoms with Gasteiger partial charge in [-0.1, -0.05) is 24.3 Å². The summed E-state index contributed by atoms with van der Waals surface area (Å²) < 4.78 is 29.8. The fourth-order valence-corrected chi connectivity index (χ4v) is 4.33. The van der Waals surface area contributed by atoms with Crippen molar-refractivity contribution in [2.75, 3.05) is 6.54 Å². The molecule has 2 N–H and O–H groups in total. The molecule has 0 saturated carbocycles. The number of rotatable bonds is 5. The lowest BCUT2D eigenvalue weighted by Crippen LogP contribution is -2.36. The van der Waals surface area contributed by atoms with Crippen molar-refractivity contribution in [3.63, 3.8) is 0 Å². The molecule has 0 unspecified atom stereocenters. The maximum absolute atomic E-state index is 14.7. The van der Waals surface area contributed by atoms with Gasteiger partial charge in [-0.15, -0.1) is 0 Å². The molecule has 2 atom stereocenters. The Balaban J connectivity index is 1.79. The largest absolute Gasteiger partial charge is 0.345 e.